The molecule has 0 N–H and O–H groups in total. The largest absolute Gasteiger partial charge is 0.468 e. The highest BCUT2D eigenvalue weighted by molar-refractivity contribution is 7.91. The fraction of sp³-hybridized carbons (Fsp3) is 0.286. The number of benzene rings is 2. The van der Waals surface area contributed by atoms with Crippen LogP contribution in [0.1, 0.15) is 12.5 Å². The average Bonchev–Trinajstić information content (AvgIpc) is 3.36. The molecule has 32 heavy (non-hydrogen) atoms. The van der Waals surface area contributed by atoms with Gasteiger partial charge in [-0.2, -0.15) is 4.99 Å². The number of amides is 1. The lowest BCUT2D eigenvalue weighted by Crippen LogP contribution is -2.22. The molecule has 1 aliphatic rings. The monoisotopic (exact) mass is 476 g/mol. The molecule has 1 amide bonds. The first kappa shape index (κ1) is 22.0. The van der Waals surface area contributed by atoms with Gasteiger partial charge in [0.2, 0.25) is 6.79 Å². The van der Waals surface area contributed by atoms with Gasteiger partial charge in [-0.25, -0.2) is 8.42 Å². The summed E-state index contributed by atoms with van der Waals surface area (Å²) in [5, 5.41) is 0. The first-order chi connectivity index (χ1) is 15.3. The Hall–Kier alpha value is -3.18. The van der Waals surface area contributed by atoms with Crippen LogP contribution in [0.3, 0.4) is 0 Å². The van der Waals surface area contributed by atoms with E-state index in [1.165, 1.54) is 30.6 Å². The van der Waals surface area contributed by atoms with Crippen LogP contribution in [-0.4, -0.2) is 44.5 Å². The number of ether oxygens (including phenoxy) is 3. The summed E-state index contributed by atoms with van der Waals surface area (Å²) in [6.45, 7) is 1.58. The SMILES string of the molecule is CCS(=O)(=O)c1ccc(CC(=O)N=c2sc3cc4c(cc3n2CC(=O)OC)OCO4)cc1. The summed E-state index contributed by atoms with van der Waals surface area (Å²) >= 11 is 1.24. The highest BCUT2D eigenvalue weighted by Gasteiger charge is 2.19. The van der Waals surface area contributed by atoms with Gasteiger partial charge in [0.15, 0.2) is 26.1 Å². The summed E-state index contributed by atoms with van der Waals surface area (Å²) < 4.78 is 41.9. The summed E-state index contributed by atoms with van der Waals surface area (Å²) in [5.41, 5.74) is 1.31. The van der Waals surface area contributed by atoms with Gasteiger partial charge >= 0.3 is 5.97 Å². The van der Waals surface area contributed by atoms with Gasteiger partial charge in [0.05, 0.1) is 34.4 Å². The van der Waals surface area contributed by atoms with E-state index in [0.29, 0.717) is 27.4 Å². The summed E-state index contributed by atoms with van der Waals surface area (Å²) in [4.78, 5) is 29.4. The molecule has 0 aliphatic carbocycles. The second-order valence-electron chi connectivity index (χ2n) is 6.95. The Morgan fingerprint density at radius 2 is 1.84 bits per heavy atom. The van der Waals surface area contributed by atoms with Gasteiger partial charge in [0, 0.05) is 12.1 Å². The molecule has 168 valence electrons. The van der Waals surface area contributed by atoms with Crippen molar-refractivity contribution >= 4 is 43.3 Å². The summed E-state index contributed by atoms with van der Waals surface area (Å²) in [7, 11) is -2.02. The van der Waals surface area contributed by atoms with Gasteiger partial charge in [-0.3, -0.25) is 9.59 Å². The van der Waals surface area contributed by atoms with Crippen molar-refractivity contribution in [2.24, 2.45) is 4.99 Å². The zero-order valence-corrected chi connectivity index (χ0v) is 19.0. The molecule has 9 nitrogen and oxygen atoms in total. The normalized spacial score (nSPS) is 13.5. The number of hydrogen-bond donors (Lipinski definition) is 0. The maximum Gasteiger partial charge on any atom is 0.325 e. The molecule has 0 spiro atoms. The van der Waals surface area contributed by atoms with Crippen molar-refractivity contribution in [3.63, 3.8) is 0 Å². The minimum absolute atomic E-state index is 0.00620. The van der Waals surface area contributed by atoms with Crippen LogP contribution in [0.5, 0.6) is 11.5 Å². The highest BCUT2D eigenvalue weighted by Crippen LogP contribution is 2.37. The fourth-order valence-electron chi connectivity index (χ4n) is 3.19. The highest BCUT2D eigenvalue weighted by atomic mass is 32.2. The van der Waals surface area contributed by atoms with Crippen LogP contribution in [0, 0.1) is 0 Å². The van der Waals surface area contributed by atoms with Gasteiger partial charge in [0.25, 0.3) is 5.91 Å². The second kappa shape index (κ2) is 8.75. The number of methoxy groups -OCH3 is 1. The van der Waals surface area contributed by atoms with E-state index >= 15 is 0 Å². The predicted molar refractivity (Wildman–Crippen MR) is 116 cm³/mol. The van der Waals surface area contributed by atoms with Crippen LogP contribution in [0.4, 0.5) is 0 Å². The van der Waals surface area contributed by atoms with Gasteiger partial charge < -0.3 is 18.8 Å². The van der Waals surface area contributed by atoms with E-state index in [9.17, 15) is 18.0 Å². The fourth-order valence-corrected chi connectivity index (χ4v) is 5.13. The van der Waals surface area contributed by atoms with Crippen LogP contribution in [0.2, 0.25) is 0 Å². The number of hydrogen-bond acceptors (Lipinski definition) is 8. The van der Waals surface area contributed by atoms with E-state index in [0.717, 1.165) is 4.70 Å². The maximum absolute atomic E-state index is 12.6. The van der Waals surface area contributed by atoms with E-state index in [1.807, 2.05) is 0 Å². The van der Waals surface area contributed by atoms with E-state index in [-0.39, 0.29) is 30.4 Å². The molecule has 2 aromatic carbocycles. The van der Waals surface area contributed by atoms with Gasteiger partial charge in [-0.05, 0) is 17.7 Å². The van der Waals surface area contributed by atoms with Gasteiger partial charge in [-0.1, -0.05) is 30.4 Å². The second-order valence-corrected chi connectivity index (χ2v) is 10.2. The minimum Gasteiger partial charge on any atom is -0.468 e. The summed E-state index contributed by atoms with van der Waals surface area (Å²) in [6, 6.07) is 9.70. The minimum atomic E-state index is -3.31. The van der Waals surface area contributed by atoms with E-state index in [2.05, 4.69) is 4.99 Å². The molecule has 0 radical (unpaired) electrons. The molecular weight excluding hydrogens is 456 g/mol. The zero-order chi connectivity index (χ0) is 22.9. The first-order valence-electron chi connectivity index (χ1n) is 9.70. The van der Waals surface area contributed by atoms with Crippen molar-refractivity contribution in [1.29, 1.82) is 0 Å². The molecular formula is C21H20N2O7S2. The van der Waals surface area contributed by atoms with Crippen LogP contribution < -0.4 is 14.3 Å². The Morgan fingerprint density at radius 1 is 1.16 bits per heavy atom. The molecule has 0 fully saturated rings. The van der Waals surface area contributed by atoms with Crippen molar-refractivity contribution in [1.82, 2.24) is 4.57 Å². The number of thiazole rings is 1. The molecule has 0 unspecified atom stereocenters. The Balaban J connectivity index is 1.67. The molecule has 4 rings (SSSR count). The van der Waals surface area contributed by atoms with Gasteiger partial charge in [-0.15, -0.1) is 0 Å². The van der Waals surface area contributed by atoms with E-state index in [1.54, 1.807) is 35.8 Å². The maximum atomic E-state index is 12.6. The number of fused-ring (bicyclic) bond motifs is 2. The first-order valence-corrected chi connectivity index (χ1v) is 12.2. The number of sulfone groups is 1. The molecule has 1 aromatic heterocycles. The van der Waals surface area contributed by atoms with Crippen molar-refractivity contribution in [2.75, 3.05) is 19.7 Å². The third-order valence-electron chi connectivity index (χ3n) is 4.93. The Bertz CT molecular complexity index is 1370. The lowest BCUT2D eigenvalue weighted by atomic mass is 10.1. The number of carbonyl (C=O) groups is 2. The number of esters is 1. The summed E-state index contributed by atoms with van der Waals surface area (Å²) in [5.74, 6) is 0.231. The van der Waals surface area contributed by atoms with Crippen molar-refractivity contribution in [3.8, 4) is 11.5 Å². The molecule has 0 saturated carbocycles. The standard InChI is InChI=1S/C21H20N2O7S2/c1-3-32(26,27)14-6-4-13(5-7-14)8-19(24)22-21-23(11-20(25)28-2)15-9-16-17(30-12-29-16)10-18(15)31-21/h4-7,9-10H,3,8,11-12H2,1-2H3. The molecule has 0 saturated heterocycles. The lowest BCUT2D eigenvalue weighted by Gasteiger charge is -2.05. The average molecular weight is 477 g/mol. The topological polar surface area (TPSA) is 113 Å². The molecule has 0 bridgehead atoms. The quantitative estimate of drug-likeness (QED) is 0.501. The molecule has 1 aliphatic heterocycles. The molecule has 2 heterocycles. The third-order valence-corrected chi connectivity index (χ3v) is 7.72. The Kier molecular flexibility index (Phi) is 6.02. The Labute approximate surface area is 187 Å². The van der Waals surface area contributed by atoms with Crippen molar-refractivity contribution in [3.05, 3.63) is 46.8 Å². The van der Waals surface area contributed by atoms with Crippen LogP contribution in [0.15, 0.2) is 46.3 Å². The number of nitrogens with zero attached hydrogens (tertiary/aromatic N) is 2. The van der Waals surface area contributed by atoms with Crippen LogP contribution >= 0.6 is 11.3 Å². The van der Waals surface area contributed by atoms with Gasteiger partial charge in [0.1, 0.15) is 6.54 Å². The number of rotatable bonds is 6. The molecule has 0 atom stereocenters. The van der Waals surface area contributed by atoms with Crippen LogP contribution in [0.25, 0.3) is 10.2 Å². The number of carbonyl (C=O) groups excluding carboxylic acids is 2. The number of aromatic nitrogens is 1. The van der Waals surface area contributed by atoms with E-state index in [4.69, 9.17) is 14.2 Å². The summed E-state index contributed by atoms with van der Waals surface area (Å²) in [6.07, 6.45) is -0.0123. The smallest absolute Gasteiger partial charge is 0.325 e. The van der Waals surface area contributed by atoms with E-state index < -0.39 is 21.7 Å². The molecule has 11 heteroatoms. The Morgan fingerprint density at radius 3 is 2.50 bits per heavy atom. The molecule has 3 aromatic rings. The zero-order valence-electron chi connectivity index (χ0n) is 17.4. The third kappa shape index (κ3) is 4.39. The predicted octanol–water partition coefficient (Wildman–Crippen LogP) is 2.07. The van der Waals surface area contributed by atoms with Crippen LogP contribution in [-0.2, 0) is 37.1 Å². The van der Waals surface area contributed by atoms with Crippen molar-refractivity contribution < 1.29 is 32.2 Å². The lowest BCUT2D eigenvalue weighted by molar-refractivity contribution is -0.141. The van der Waals surface area contributed by atoms with Crippen molar-refractivity contribution in [2.45, 2.75) is 24.8 Å².